The van der Waals surface area contributed by atoms with Crippen LogP contribution in [0.1, 0.15) is 36.7 Å². The average Bonchev–Trinajstić information content (AvgIpc) is 2.38. The normalized spacial score (nSPS) is 11.2. The molecule has 0 fully saturated rings. The summed E-state index contributed by atoms with van der Waals surface area (Å²) >= 11 is 5.89. The Balaban J connectivity index is 2.29. The second kappa shape index (κ2) is 5.68. The van der Waals surface area contributed by atoms with Gasteiger partial charge in [0.05, 0.1) is 5.56 Å². The highest BCUT2D eigenvalue weighted by atomic mass is 35.5. The molecule has 0 spiro atoms. The Morgan fingerprint density at radius 2 is 1.75 bits per heavy atom. The van der Waals surface area contributed by atoms with Crippen molar-refractivity contribution in [2.24, 2.45) is 0 Å². The van der Waals surface area contributed by atoms with Gasteiger partial charge in [0.1, 0.15) is 5.75 Å². The van der Waals surface area contributed by atoms with E-state index >= 15 is 0 Å². The van der Waals surface area contributed by atoms with Gasteiger partial charge >= 0.3 is 5.97 Å². The minimum atomic E-state index is -0.399. The first kappa shape index (κ1) is 14.6. The third-order valence-corrected chi connectivity index (χ3v) is 3.19. The molecule has 0 amide bonds. The number of hydrogen-bond donors (Lipinski definition) is 0. The molecule has 0 unspecified atom stereocenters. The van der Waals surface area contributed by atoms with Crippen molar-refractivity contribution >= 4 is 17.6 Å². The fourth-order valence-electron chi connectivity index (χ4n) is 1.95. The SMILES string of the molecule is CC(C)(C)c1ccccc1OC(=O)c1cccc(Cl)c1. The summed E-state index contributed by atoms with van der Waals surface area (Å²) < 4.78 is 5.52. The van der Waals surface area contributed by atoms with Gasteiger partial charge in [-0.3, -0.25) is 0 Å². The van der Waals surface area contributed by atoms with Crippen LogP contribution in [-0.4, -0.2) is 5.97 Å². The Hall–Kier alpha value is -1.80. The number of esters is 1. The zero-order valence-corrected chi connectivity index (χ0v) is 12.6. The van der Waals surface area contributed by atoms with E-state index in [1.807, 2.05) is 24.3 Å². The third kappa shape index (κ3) is 3.40. The van der Waals surface area contributed by atoms with E-state index in [-0.39, 0.29) is 5.41 Å². The second-order valence-electron chi connectivity index (χ2n) is 5.65. The highest BCUT2D eigenvalue weighted by Crippen LogP contribution is 2.31. The van der Waals surface area contributed by atoms with Gasteiger partial charge in [0, 0.05) is 10.6 Å². The molecule has 2 rings (SSSR count). The Labute approximate surface area is 124 Å². The number of halogens is 1. The number of ether oxygens (including phenoxy) is 1. The van der Waals surface area contributed by atoms with Crippen LogP contribution in [0, 0.1) is 0 Å². The van der Waals surface area contributed by atoms with Gasteiger partial charge in [-0.25, -0.2) is 4.79 Å². The summed E-state index contributed by atoms with van der Waals surface area (Å²) in [6.45, 7) is 6.25. The number of carbonyl (C=O) groups is 1. The van der Waals surface area contributed by atoms with Crippen LogP contribution in [0.25, 0.3) is 0 Å². The van der Waals surface area contributed by atoms with E-state index < -0.39 is 5.97 Å². The summed E-state index contributed by atoms with van der Waals surface area (Å²) in [5, 5.41) is 0.517. The first-order valence-corrected chi connectivity index (χ1v) is 6.83. The van der Waals surface area contributed by atoms with Gasteiger partial charge in [-0.2, -0.15) is 0 Å². The van der Waals surface area contributed by atoms with E-state index in [1.54, 1.807) is 24.3 Å². The largest absolute Gasteiger partial charge is 0.423 e. The van der Waals surface area contributed by atoms with Crippen molar-refractivity contribution in [2.45, 2.75) is 26.2 Å². The van der Waals surface area contributed by atoms with E-state index in [2.05, 4.69) is 20.8 Å². The molecule has 20 heavy (non-hydrogen) atoms. The maximum absolute atomic E-state index is 12.2. The predicted octanol–water partition coefficient (Wildman–Crippen LogP) is 4.86. The molecular weight excluding hydrogens is 272 g/mol. The van der Waals surface area contributed by atoms with Crippen molar-refractivity contribution in [1.29, 1.82) is 0 Å². The molecule has 2 aromatic rings. The molecule has 0 aromatic heterocycles. The van der Waals surface area contributed by atoms with Crippen molar-refractivity contribution in [3.05, 3.63) is 64.7 Å². The first-order chi connectivity index (χ1) is 9.38. The van der Waals surface area contributed by atoms with Gasteiger partial charge in [0.2, 0.25) is 0 Å². The lowest BCUT2D eigenvalue weighted by Gasteiger charge is -2.22. The number of carbonyl (C=O) groups excluding carboxylic acids is 1. The van der Waals surface area contributed by atoms with E-state index in [1.165, 1.54) is 0 Å². The molecule has 0 N–H and O–H groups in total. The highest BCUT2D eigenvalue weighted by molar-refractivity contribution is 6.30. The molecule has 0 atom stereocenters. The fourth-order valence-corrected chi connectivity index (χ4v) is 2.14. The van der Waals surface area contributed by atoms with Gasteiger partial charge in [0.15, 0.2) is 0 Å². The van der Waals surface area contributed by atoms with E-state index in [4.69, 9.17) is 16.3 Å². The van der Waals surface area contributed by atoms with Crippen molar-refractivity contribution < 1.29 is 9.53 Å². The van der Waals surface area contributed by atoms with Crippen LogP contribution in [0.2, 0.25) is 5.02 Å². The summed E-state index contributed by atoms with van der Waals surface area (Å²) in [5.74, 6) is 0.189. The van der Waals surface area contributed by atoms with Crippen LogP contribution in [0.5, 0.6) is 5.75 Å². The lowest BCUT2D eigenvalue weighted by Crippen LogP contribution is -2.16. The maximum Gasteiger partial charge on any atom is 0.343 e. The minimum absolute atomic E-state index is 0.0921. The Morgan fingerprint density at radius 3 is 2.40 bits per heavy atom. The zero-order valence-electron chi connectivity index (χ0n) is 11.8. The summed E-state index contributed by atoms with van der Waals surface area (Å²) in [6, 6.07) is 14.3. The number of benzene rings is 2. The molecule has 0 aliphatic heterocycles. The molecule has 0 heterocycles. The molecular formula is C17H17ClO2. The van der Waals surface area contributed by atoms with Crippen molar-refractivity contribution in [1.82, 2.24) is 0 Å². The van der Waals surface area contributed by atoms with Crippen LogP contribution >= 0.6 is 11.6 Å². The molecule has 0 saturated heterocycles. The van der Waals surface area contributed by atoms with Crippen molar-refractivity contribution in [2.75, 3.05) is 0 Å². The Kier molecular flexibility index (Phi) is 4.15. The van der Waals surface area contributed by atoms with Gasteiger partial charge in [0.25, 0.3) is 0 Å². The molecule has 3 heteroatoms. The Morgan fingerprint density at radius 1 is 1.05 bits per heavy atom. The molecule has 0 saturated carbocycles. The summed E-state index contributed by atoms with van der Waals surface area (Å²) in [5.41, 5.74) is 1.35. The lowest BCUT2D eigenvalue weighted by molar-refractivity contribution is 0.0732. The second-order valence-corrected chi connectivity index (χ2v) is 6.08. The summed E-state index contributed by atoms with van der Waals surface area (Å²) in [4.78, 5) is 12.2. The molecule has 104 valence electrons. The number of para-hydroxylation sites is 1. The Bertz CT molecular complexity index is 627. The van der Waals surface area contributed by atoms with Gasteiger partial charge in [-0.15, -0.1) is 0 Å². The van der Waals surface area contributed by atoms with Gasteiger partial charge < -0.3 is 4.74 Å². The molecule has 2 aromatic carbocycles. The number of rotatable bonds is 2. The minimum Gasteiger partial charge on any atom is -0.423 e. The molecule has 0 aliphatic rings. The standard InChI is InChI=1S/C17H17ClO2/c1-17(2,3)14-9-4-5-10-15(14)20-16(19)12-7-6-8-13(18)11-12/h4-11H,1-3H3. The maximum atomic E-state index is 12.2. The highest BCUT2D eigenvalue weighted by Gasteiger charge is 2.20. The molecule has 0 aliphatic carbocycles. The van der Waals surface area contributed by atoms with Crippen molar-refractivity contribution in [3.63, 3.8) is 0 Å². The van der Waals surface area contributed by atoms with Crippen LogP contribution in [0.15, 0.2) is 48.5 Å². The van der Waals surface area contributed by atoms with Crippen LogP contribution < -0.4 is 4.74 Å². The third-order valence-electron chi connectivity index (χ3n) is 2.96. The topological polar surface area (TPSA) is 26.3 Å². The van der Waals surface area contributed by atoms with Crippen LogP contribution in [0.4, 0.5) is 0 Å². The van der Waals surface area contributed by atoms with Crippen LogP contribution in [-0.2, 0) is 5.41 Å². The summed E-state index contributed by atoms with van der Waals surface area (Å²) in [7, 11) is 0. The monoisotopic (exact) mass is 288 g/mol. The van der Waals surface area contributed by atoms with Gasteiger partial charge in [-0.05, 0) is 29.7 Å². The first-order valence-electron chi connectivity index (χ1n) is 6.45. The molecule has 0 radical (unpaired) electrons. The predicted molar refractivity (Wildman–Crippen MR) is 81.6 cm³/mol. The van der Waals surface area contributed by atoms with E-state index in [0.29, 0.717) is 16.3 Å². The van der Waals surface area contributed by atoms with E-state index in [0.717, 1.165) is 5.56 Å². The zero-order chi connectivity index (χ0) is 14.8. The average molecular weight is 289 g/mol. The van der Waals surface area contributed by atoms with Crippen LogP contribution in [0.3, 0.4) is 0 Å². The summed E-state index contributed by atoms with van der Waals surface area (Å²) in [6.07, 6.45) is 0. The smallest absolute Gasteiger partial charge is 0.343 e. The molecule has 2 nitrogen and oxygen atoms in total. The van der Waals surface area contributed by atoms with E-state index in [9.17, 15) is 4.79 Å². The van der Waals surface area contributed by atoms with Crippen molar-refractivity contribution in [3.8, 4) is 5.75 Å². The van der Waals surface area contributed by atoms with Gasteiger partial charge in [-0.1, -0.05) is 56.6 Å². The quantitative estimate of drug-likeness (QED) is 0.583. The fraction of sp³-hybridized carbons (Fsp3) is 0.235. The lowest BCUT2D eigenvalue weighted by atomic mass is 9.86. The number of hydrogen-bond acceptors (Lipinski definition) is 2. The molecule has 0 bridgehead atoms.